The van der Waals surface area contributed by atoms with Crippen LogP contribution in [0.1, 0.15) is 60.3 Å². The van der Waals surface area contributed by atoms with E-state index in [2.05, 4.69) is 21.4 Å². The first-order chi connectivity index (χ1) is 11.3. The van der Waals surface area contributed by atoms with Gasteiger partial charge in [0.25, 0.3) is 0 Å². The van der Waals surface area contributed by atoms with Crippen LogP contribution < -0.4 is 0 Å². The predicted octanol–water partition coefficient (Wildman–Crippen LogP) is 3.32. The molecule has 1 saturated carbocycles. The number of thiazole rings is 1. The summed E-state index contributed by atoms with van der Waals surface area (Å²) in [5.41, 5.74) is 1.86. The minimum absolute atomic E-state index is 0.380. The highest BCUT2D eigenvalue weighted by Gasteiger charge is 2.26. The lowest BCUT2D eigenvalue weighted by Crippen LogP contribution is -2.21. The summed E-state index contributed by atoms with van der Waals surface area (Å²) in [6, 6.07) is 2.53. The fourth-order valence-corrected chi connectivity index (χ4v) is 4.73. The van der Waals surface area contributed by atoms with Crippen molar-refractivity contribution < 1.29 is 0 Å². The molecular formula is C17H21N5S. The normalized spacial score (nSPS) is 22.7. The summed E-state index contributed by atoms with van der Waals surface area (Å²) in [4.78, 5) is 7.33. The fourth-order valence-electron chi connectivity index (χ4n) is 3.75. The zero-order chi connectivity index (χ0) is 15.6. The van der Waals surface area contributed by atoms with Crippen LogP contribution in [0.25, 0.3) is 0 Å². The van der Waals surface area contributed by atoms with Gasteiger partial charge in [-0.1, -0.05) is 12.8 Å². The van der Waals surface area contributed by atoms with Crippen molar-refractivity contribution in [3.8, 4) is 6.07 Å². The standard InChI is InChI=1S/C17H21N5S/c18-7-13-8-19-22(9-13)16-5-6-21(11-16)10-15-12-23-17(20-15)14-3-1-2-4-14/h8-9,12,14,16H,1-6,10-11H2. The number of likely N-dealkylation sites (tertiary alicyclic amines) is 1. The molecule has 0 N–H and O–H groups in total. The average Bonchev–Trinajstić information content (AvgIpc) is 3.34. The highest BCUT2D eigenvalue weighted by Crippen LogP contribution is 2.35. The first kappa shape index (κ1) is 14.9. The van der Waals surface area contributed by atoms with Gasteiger partial charge in [0.1, 0.15) is 6.07 Å². The molecule has 2 aliphatic rings. The van der Waals surface area contributed by atoms with E-state index in [9.17, 15) is 0 Å². The molecule has 1 atom stereocenters. The minimum Gasteiger partial charge on any atom is -0.295 e. The molecule has 2 aromatic heterocycles. The molecule has 5 nitrogen and oxygen atoms in total. The topological polar surface area (TPSA) is 57.7 Å². The van der Waals surface area contributed by atoms with Crippen molar-refractivity contribution in [2.24, 2.45) is 0 Å². The van der Waals surface area contributed by atoms with E-state index in [1.165, 1.54) is 36.4 Å². The monoisotopic (exact) mass is 327 g/mol. The molecule has 0 spiro atoms. The summed E-state index contributed by atoms with van der Waals surface area (Å²) in [7, 11) is 0. The second-order valence-corrected chi connectivity index (χ2v) is 7.55. The largest absolute Gasteiger partial charge is 0.295 e. The van der Waals surface area contributed by atoms with Gasteiger partial charge >= 0.3 is 0 Å². The van der Waals surface area contributed by atoms with Crippen molar-refractivity contribution in [3.05, 3.63) is 34.0 Å². The average molecular weight is 327 g/mol. The summed E-state index contributed by atoms with van der Waals surface area (Å²) in [5, 5.41) is 16.8. The Balaban J connectivity index is 1.36. The molecule has 1 aliphatic carbocycles. The van der Waals surface area contributed by atoms with Gasteiger partial charge in [0.05, 0.1) is 28.5 Å². The molecule has 3 heterocycles. The van der Waals surface area contributed by atoms with Crippen LogP contribution in [0.5, 0.6) is 0 Å². The van der Waals surface area contributed by atoms with Crippen LogP contribution in [0.15, 0.2) is 17.8 Å². The van der Waals surface area contributed by atoms with Gasteiger partial charge in [-0.3, -0.25) is 9.58 Å². The Kier molecular flexibility index (Phi) is 4.15. The minimum atomic E-state index is 0.380. The van der Waals surface area contributed by atoms with E-state index < -0.39 is 0 Å². The van der Waals surface area contributed by atoms with E-state index in [1.807, 2.05) is 22.2 Å². The molecule has 0 bridgehead atoms. The maximum atomic E-state index is 8.91. The van der Waals surface area contributed by atoms with Crippen LogP contribution in [-0.2, 0) is 6.54 Å². The molecule has 0 radical (unpaired) electrons. The third-order valence-corrected chi connectivity index (χ3v) is 6.07. The zero-order valence-corrected chi connectivity index (χ0v) is 14.0. The second-order valence-electron chi connectivity index (χ2n) is 6.66. The molecule has 23 heavy (non-hydrogen) atoms. The summed E-state index contributed by atoms with van der Waals surface area (Å²) >= 11 is 1.84. The van der Waals surface area contributed by atoms with Gasteiger partial charge in [-0.2, -0.15) is 10.4 Å². The Morgan fingerprint density at radius 2 is 2.17 bits per heavy atom. The van der Waals surface area contributed by atoms with E-state index in [0.717, 1.165) is 26.1 Å². The number of nitriles is 1. The van der Waals surface area contributed by atoms with Gasteiger partial charge in [0.2, 0.25) is 0 Å². The van der Waals surface area contributed by atoms with Crippen LogP contribution >= 0.6 is 11.3 Å². The first-order valence-electron chi connectivity index (χ1n) is 8.43. The SMILES string of the molecule is N#Cc1cnn(C2CCN(Cc3csc(C4CCCC4)n3)C2)c1. The number of aromatic nitrogens is 3. The van der Waals surface area contributed by atoms with Gasteiger partial charge in [-0.25, -0.2) is 4.98 Å². The van der Waals surface area contributed by atoms with Crippen LogP contribution in [0.4, 0.5) is 0 Å². The van der Waals surface area contributed by atoms with Crippen molar-refractivity contribution in [1.29, 1.82) is 5.26 Å². The molecule has 0 aromatic carbocycles. The van der Waals surface area contributed by atoms with Gasteiger partial charge in [-0.15, -0.1) is 11.3 Å². The predicted molar refractivity (Wildman–Crippen MR) is 89.2 cm³/mol. The fraction of sp³-hybridized carbons (Fsp3) is 0.588. The van der Waals surface area contributed by atoms with E-state index in [0.29, 0.717) is 17.5 Å². The Hall–Kier alpha value is -1.71. The Bertz CT molecular complexity index is 707. The molecule has 6 heteroatoms. The molecule has 1 saturated heterocycles. The Labute approximate surface area is 140 Å². The van der Waals surface area contributed by atoms with Crippen molar-refractivity contribution in [2.45, 2.75) is 50.6 Å². The Morgan fingerprint density at radius 3 is 2.96 bits per heavy atom. The van der Waals surface area contributed by atoms with Crippen LogP contribution in [-0.4, -0.2) is 32.8 Å². The lowest BCUT2D eigenvalue weighted by Gasteiger charge is -2.14. The summed E-state index contributed by atoms with van der Waals surface area (Å²) < 4.78 is 1.95. The first-order valence-corrected chi connectivity index (χ1v) is 9.30. The van der Waals surface area contributed by atoms with Crippen LogP contribution in [0.2, 0.25) is 0 Å². The van der Waals surface area contributed by atoms with Crippen molar-refractivity contribution >= 4 is 11.3 Å². The summed E-state index contributed by atoms with van der Waals surface area (Å²) in [6.07, 6.45) is 9.96. The molecule has 2 aromatic rings. The quantitative estimate of drug-likeness (QED) is 0.864. The lowest BCUT2D eigenvalue weighted by atomic mass is 10.1. The lowest BCUT2D eigenvalue weighted by molar-refractivity contribution is 0.308. The molecule has 0 amide bonds. The summed E-state index contributed by atoms with van der Waals surface area (Å²) in [5.74, 6) is 0.716. The molecule has 4 rings (SSSR count). The Morgan fingerprint density at radius 1 is 1.30 bits per heavy atom. The maximum absolute atomic E-state index is 8.91. The molecule has 120 valence electrons. The zero-order valence-electron chi connectivity index (χ0n) is 13.2. The van der Waals surface area contributed by atoms with E-state index >= 15 is 0 Å². The van der Waals surface area contributed by atoms with Gasteiger partial charge in [-0.05, 0) is 19.3 Å². The smallest absolute Gasteiger partial charge is 0.102 e. The molecular weight excluding hydrogens is 306 g/mol. The van der Waals surface area contributed by atoms with Crippen molar-refractivity contribution in [3.63, 3.8) is 0 Å². The maximum Gasteiger partial charge on any atom is 0.102 e. The summed E-state index contributed by atoms with van der Waals surface area (Å²) in [6.45, 7) is 3.00. The number of hydrogen-bond acceptors (Lipinski definition) is 5. The third kappa shape index (κ3) is 3.17. The van der Waals surface area contributed by atoms with E-state index in [4.69, 9.17) is 10.2 Å². The molecule has 1 unspecified atom stereocenters. The molecule has 2 fully saturated rings. The number of rotatable bonds is 4. The number of hydrogen-bond donors (Lipinski definition) is 0. The van der Waals surface area contributed by atoms with Crippen molar-refractivity contribution in [1.82, 2.24) is 19.7 Å². The van der Waals surface area contributed by atoms with Gasteiger partial charge < -0.3 is 0 Å². The third-order valence-electron chi connectivity index (χ3n) is 5.01. The molecule has 1 aliphatic heterocycles. The highest BCUT2D eigenvalue weighted by molar-refractivity contribution is 7.09. The van der Waals surface area contributed by atoms with E-state index in [1.54, 1.807) is 6.20 Å². The highest BCUT2D eigenvalue weighted by atomic mass is 32.1. The van der Waals surface area contributed by atoms with Gasteiger partial charge in [0, 0.05) is 37.1 Å². The van der Waals surface area contributed by atoms with Crippen molar-refractivity contribution in [2.75, 3.05) is 13.1 Å². The van der Waals surface area contributed by atoms with Crippen LogP contribution in [0, 0.1) is 11.3 Å². The van der Waals surface area contributed by atoms with Crippen LogP contribution in [0.3, 0.4) is 0 Å². The number of nitrogens with zero attached hydrogens (tertiary/aromatic N) is 5. The van der Waals surface area contributed by atoms with Gasteiger partial charge in [0.15, 0.2) is 0 Å². The second kappa shape index (κ2) is 6.42. The van der Waals surface area contributed by atoms with E-state index in [-0.39, 0.29) is 0 Å².